The summed E-state index contributed by atoms with van der Waals surface area (Å²) < 4.78 is 0. The van der Waals surface area contributed by atoms with Crippen molar-refractivity contribution in [3.05, 3.63) is 42.0 Å². The van der Waals surface area contributed by atoms with E-state index in [1.807, 2.05) is 0 Å². The lowest BCUT2D eigenvalue weighted by molar-refractivity contribution is -0.128. The Labute approximate surface area is 130 Å². The third-order valence-corrected chi connectivity index (χ3v) is 5.60. The van der Waals surface area contributed by atoms with Crippen LogP contribution in [0.15, 0.2) is 41.5 Å². The Hall–Kier alpha value is -2.10. The van der Waals surface area contributed by atoms with Crippen LogP contribution >= 0.6 is 0 Å². The van der Waals surface area contributed by atoms with Crippen LogP contribution in [0.3, 0.4) is 0 Å². The largest absolute Gasteiger partial charge is 0.508 e. The Balaban J connectivity index is 1.70. The van der Waals surface area contributed by atoms with Gasteiger partial charge in [0.2, 0.25) is 5.91 Å². The van der Waals surface area contributed by atoms with Crippen LogP contribution < -0.4 is 5.43 Å². The molecule has 1 amide bonds. The second kappa shape index (κ2) is 4.97. The maximum atomic E-state index is 12.6. The number of hydrogen-bond acceptors (Lipinski definition) is 3. The number of carbonyl (C=O) groups excluding carboxylic acids is 1. The molecule has 1 aromatic rings. The van der Waals surface area contributed by atoms with E-state index in [0.29, 0.717) is 5.92 Å². The quantitative estimate of drug-likeness (QED) is 0.511. The first kappa shape index (κ1) is 14.8. The second-order valence-electron chi connectivity index (χ2n) is 7.01. The molecule has 0 heterocycles. The minimum Gasteiger partial charge on any atom is -0.508 e. The Kier molecular flexibility index (Phi) is 3.35. The number of hydrogen-bond donors (Lipinski definition) is 2. The Bertz CT molecular complexity index is 646. The molecule has 0 saturated heterocycles. The first-order valence-electron chi connectivity index (χ1n) is 7.69. The third-order valence-electron chi connectivity index (χ3n) is 5.60. The van der Waals surface area contributed by atoms with Gasteiger partial charge in [0, 0.05) is 0 Å². The summed E-state index contributed by atoms with van der Waals surface area (Å²) >= 11 is 0. The van der Waals surface area contributed by atoms with Gasteiger partial charge in [-0.3, -0.25) is 4.79 Å². The summed E-state index contributed by atoms with van der Waals surface area (Å²) in [7, 11) is 0. The monoisotopic (exact) mass is 298 g/mol. The zero-order valence-corrected chi connectivity index (χ0v) is 13.1. The van der Waals surface area contributed by atoms with E-state index in [1.54, 1.807) is 30.5 Å². The van der Waals surface area contributed by atoms with E-state index < -0.39 is 5.41 Å². The summed E-state index contributed by atoms with van der Waals surface area (Å²) in [5.41, 5.74) is 4.15. The van der Waals surface area contributed by atoms with E-state index in [2.05, 4.69) is 31.0 Å². The molecule has 2 N–H and O–H groups in total. The number of amides is 1. The summed E-state index contributed by atoms with van der Waals surface area (Å²) in [4.78, 5) is 12.6. The van der Waals surface area contributed by atoms with Gasteiger partial charge < -0.3 is 5.11 Å². The number of aromatic hydroxyl groups is 1. The molecule has 0 radical (unpaired) electrons. The lowest BCUT2D eigenvalue weighted by atomic mass is 9.68. The van der Waals surface area contributed by atoms with Gasteiger partial charge in [-0.25, -0.2) is 5.43 Å². The van der Waals surface area contributed by atoms with Crippen LogP contribution in [0.25, 0.3) is 0 Å². The van der Waals surface area contributed by atoms with Crippen molar-refractivity contribution < 1.29 is 9.90 Å². The Morgan fingerprint density at radius 1 is 1.41 bits per heavy atom. The number of rotatable bonds is 3. The molecule has 0 spiro atoms. The van der Waals surface area contributed by atoms with E-state index in [4.69, 9.17) is 0 Å². The van der Waals surface area contributed by atoms with Crippen LogP contribution in [0.5, 0.6) is 5.75 Å². The normalized spacial score (nSPS) is 29.2. The molecule has 2 aliphatic carbocycles. The minimum atomic E-state index is -0.444. The summed E-state index contributed by atoms with van der Waals surface area (Å²) in [6.07, 6.45) is 4.43. The summed E-state index contributed by atoms with van der Waals surface area (Å²) in [6.45, 7) is 8.60. The standard InChI is InChI=1S/C18H22N2O2/c1-12-17(2,3)14-8-9-18(12,10-14)16(22)20-19-11-13-4-6-15(21)7-5-13/h4-7,11,14,21H,1,8-10H2,2-3H3,(H,20,22)/b19-11-/t14?,18-/m1/s1. The first-order valence-corrected chi connectivity index (χ1v) is 7.69. The van der Waals surface area contributed by atoms with Crippen LogP contribution in [0.4, 0.5) is 0 Å². The van der Waals surface area contributed by atoms with Gasteiger partial charge in [0.15, 0.2) is 0 Å². The molecule has 3 rings (SSSR count). The fraction of sp³-hybridized carbons (Fsp3) is 0.444. The maximum Gasteiger partial charge on any atom is 0.250 e. The zero-order chi connectivity index (χ0) is 16.0. The van der Waals surface area contributed by atoms with Crippen molar-refractivity contribution in [1.82, 2.24) is 5.43 Å². The molecule has 4 heteroatoms. The van der Waals surface area contributed by atoms with Gasteiger partial charge in [0.25, 0.3) is 0 Å². The minimum absolute atomic E-state index is 0.0380. The Morgan fingerprint density at radius 2 is 2.09 bits per heavy atom. The van der Waals surface area contributed by atoms with Gasteiger partial charge in [0.1, 0.15) is 5.75 Å². The van der Waals surface area contributed by atoms with E-state index >= 15 is 0 Å². The molecule has 4 nitrogen and oxygen atoms in total. The average molecular weight is 298 g/mol. The maximum absolute atomic E-state index is 12.6. The molecule has 1 aromatic carbocycles. The Morgan fingerprint density at radius 3 is 2.68 bits per heavy atom. The van der Waals surface area contributed by atoms with Crippen molar-refractivity contribution in [3.8, 4) is 5.75 Å². The highest BCUT2D eigenvalue weighted by Crippen LogP contribution is 2.65. The lowest BCUT2D eigenvalue weighted by Crippen LogP contribution is -2.39. The van der Waals surface area contributed by atoms with Gasteiger partial charge in [-0.2, -0.15) is 5.10 Å². The van der Waals surface area contributed by atoms with E-state index in [9.17, 15) is 9.90 Å². The SMILES string of the molecule is C=C1C(C)(C)C2CC[C@@]1(C(=O)N/N=C\c1ccc(O)cc1)C2. The molecule has 1 unspecified atom stereocenters. The molecular weight excluding hydrogens is 276 g/mol. The molecule has 2 aliphatic rings. The fourth-order valence-corrected chi connectivity index (χ4v) is 3.97. The summed E-state index contributed by atoms with van der Waals surface area (Å²) in [5.74, 6) is 0.717. The average Bonchev–Trinajstić information content (AvgIpc) is 3.01. The predicted molar refractivity (Wildman–Crippen MR) is 86.5 cm³/mol. The highest BCUT2D eigenvalue weighted by Gasteiger charge is 2.60. The van der Waals surface area contributed by atoms with Crippen LogP contribution in [0, 0.1) is 16.7 Å². The van der Waals surface area contributed by atoms with Crippen molar-refractivity contribution >= 4 is 12.1 Å². The number of fused-ring (bicyclic) bond motifs is 2. The van der Waals surface area contributed by atoms with Crippen LogP contribution in [0.2, 0.25) is 0 Å². The van der Waals surface area contributed by atoms with Crippen molar-refractivity contribution in [3.63, 3.8) is 0 Å². The molecule has 2 bridgehead atoms. The second-order valence-corrected chi connectivity index (χ2v) is 7.01. The van der Waals surface area contributed by atoms with Gasteiger partial charge >= 0.3 is 0 Å². The summed E-state index contributed by atoms with van der Waals surface area (Å²) in [5, 5.41) is 13.3. The predicted octanol–water partition coefficient (Wildman–Crippen LogP) is 3.22. The fourth-order valence-electron chi connectivity index (χ4n) is 3.97. The zero-order valence-electron chi connectivity index (χ0n) is 13.1. The number of benzene rings is 1. The number of nitrogens with one attached hydrogen (secondary N) is 1. The topological polar surface area (TPSA) is 61.7 Å². The van der Waals surface area contributed by atoms with Gasteiger partial charge in [-0.1, -0.05) is 26.0 Å². The number of phenols is 1. The molecule has 2 atom stereocenters. The van der Waals surface area contributed by atoms with E-state index in [-0.39, 0.29) is 17.1 Å². The molecule has 2 fully saturated rings. The van der Waals surface area contributed by atoms with Crippen molar-refractivity contribution in [2.24, 2.45) is 21.8 Å². The molecule has 0 aliphatic heterocycles. The van der Waals surface area contributed by atoms with Crippen molar-refractivity contribution in [2.75, 3.05) is 0 Å². The highest BCUT2D eigenvalue weighted by molar-refractivity contribution is 5.89. The first-order chi connectivity index (χ1) is 10.4. The van der Waals surface area contributed by atoms with Gasteiger partial charge in [-0.05, 0) is 60.4 Å². The van der Waals surface area contributed by atoms with Gasteiger partial charge in [-0.15, -0.1) is 0 Å². The number of hydrazone groups is 1. The van der Waals surface area contributed by atoms with Crippen LogP contribution in [-0.4, -0.2) is 17.2 Å². The number of phenolic OH excluding ortho intramolecular Hbond substituents is 1. The third kappa shape index (κ3) is 2.14. The van der Waals surface area contributed by atoms with E-state index in [0.717, 1.165) is 30.4 Å². The van der Waals surface area contributed by atoms with Gasteiger partial charge in [0.05, 0.1) is 11.6 Å². The molecule has 116 valence electrons. The van der Waals surface area contributed by atoms with Crippen LogP contribution in [0.1, 0.15) is 38.7 Å². The molecular formula is C18H22N2O2. The molecule has 22 heavy (non-hydrogen) atoms. The summed E-state index contributed by atoms with van der Waals surface area (Å²) in [6, 6.07) is 6.66. The molecule has 2 saturated carbocycles. The number of nitrogens with zero attached hydrogens (tertiary/aromatic N) is 1. The van der Waals surface area contributed by atoms with E-state index in [1.165, 1.54) is 0 Å². The smallest absolute Gasteiger partial charge is 0.250 e. The lowest BCUT2D eigenvalue weighted by Gasteiger charge is -2.36. The van der Waals surface area contributed by atoms with Crippen LogP contribution in [-0.2, 0) is 4.79 Å². The van der Waals surface area contributed by atoms with Crippen molar-refractivity contribution in [1.29, 1.82) is 0 Å². The molecule has 0 aromatic heterocycles. The highest BCUT2D eigenvalue weighted by atomic mass is 16.3. The van der Waals surface area contributed by atoms with Crippen molar-refractivity contribution in [2.45, 2.75) is 33.1 Å². The number of carbonyl (C=O) groups is 1.